The molecule has 0 saturated carbocycles. The molecule has 1 aromatic carbocycles. The van der Waals surface area contributed by atoms with Crippen LogP contribution in [0.25, 0.3) is 0 Å². The third-order valence-electron chi connectivity index (χ3n) is 1.89. The molecule has 0 fully saturated rings. The summed E-state index contributed by atoms with van der Waals surface area (Å²) in [5.41, 5.74) is -0.931. The molecule has 0 aliphatic carbocycles. The Labute approximate surface area is 93.7 Å². The average molecular weight is 253 g/mol. The molecule has 3 N–H and O–H groups in total. The first kappa shape index (κ1) is 12.8. The van der Waals surface area contributed by atoms with E-state index in [4.69, 9.17) is 21.8 Å². The van der Waals surface area contributed by atoms with Crippen molar-refractivity contribution in [2.45, 2.75) is 12.2 Å². The smallest absolute Gasteiger partial charge is 0.335 e. The highest BCUT2D eigenvalue weighted by Gasteiger charge is 2.30. The van der Waals surface area contributed by atoms with Crippen molar-refractivity contribution in [1.29, 1.82) is 0 Å². The van der Waals surface area contributed by atoms with Gasteiger partial charge < -0.3 is 15.3 Å². The number of carboxylic acid groups (broad SMARTS) is 1. The Bertz CT molecular complexity index is 401. The van der Waals surface area contributed by atoms with E-state index >= 15 is 0 Å². The standard InChI is InChI=1S/C9H7ClF2O4/c10-3-1-4(11)6(5(12)2-3)7(13)8(14)9(15)16/h1-2,7-8,13-14H,(H,15,16). The van der Waals surface area contributed by atoms with E-state index in [1.165, 1.54) is 0 Å². The second-order valence-electron chi connectivity index (χ2n) is 3.01. The lowest BCUT2D eigenvalue weighted by molar-refractivity contribution is -0.153. The minimum Gasteiger partial charge on any atom is -0.479 e. The van der Waals surface area contributed by atoms with Crippen LogP contribution in [0.5, 0.6) is 0 Å². The summed E-state index contributed by atoms with van der Waals surface area (Å²) in [6.45, 7) is 0. The van der Waals surface area contributed by atoms with Crippen LogP contribution in [-0.4, -0.2) is 27.4 Å². The number of benzene rings is 1. The van der Waals surface area contributed by atoms with Gasteiger partial charge in [-0.05, 0) is 12.1 Å². The van der Waals surface area contributed by atoms with Gasteiger partial charge in [0, 0.05) is 5.02 Å². The van der Waals surface area contributed by atoms with Crippen molar-refractivity contribution >= 4 is 17.6 Å². The minimum absolute atomic E-state index is 0.240. The van der Waals surface area contributed by atoms with Crippen LogP contribution in [0, 0.1) is 11.6 Å². The number of carbonyl (C=O) groups is 1. The average Bonchev–Trinajstić information content (AvgIpc) is 2.14. The van der Waals surface area contributed by atoms with Crippen molar-refractivity contribution in [2.75, 3.05) is 0 Å². The molecule has 0 heterocycles. The molecule has 2 atom stereocenters. The van der Waals surface area contributed by atoms with E-state index in [1.807, 2.05) is 0 Å². The summed E-state index contributed by atoms with van der Waals surface area (Å²) in [6.07, 6.45) is -4.51. The predicted octanol–water partition coefficient (Wildman–Crippen LogP) is 1.10. The molecule has 7 heteroatoms. The van der Waals surface area contributed by atoms with E-state index in [1.54, 1.807) is 0 Å². The summed E-state index contributed by atoms with van der Waals surface area (Å²) < 4.78 is 26.4. The first-order valence-corrected chi connectivity index (χ1v) is 4.45. The Kier molecular flexibility index (Phi) is 3.79. The molecule has 88 valence electrons. The quantitative estimate of drug-likeness (QED) is 0.753. The molecular weight excluding hydrogens is 246 g/mol. The Morgan fingerprint density at radius 1 is 1.25 bits per heavy atom. The fraction of sp³-hybridized carbons (Fsp3) is 0.222. The molecule has 16 heavy (non-hydrogen) atoms. The lowest BCUT2D eigenvalue weighted by Crippen LogP contribution is -2.28. The molecular formula is C9H7ClF2O4. The fourth-order valence-electron chi connectivity index (χ4n) is 1.13. The van der Waals surface area contributed by atoms with Gasteiger partial charge in [-0.2, -0.15) is 0 Å². The number of hydrogen-bond donors (Lipinski definition) is 3. The van der Waals surface area contributed by atoms with Crippen molar-refractivity contribution in [1.82, 2.24) is 0 Å². The van der Waals surface area contributed by atoms with E-state index in [9.17, 15) is 18.7 Å². The number of rotatable bonds is 3. The molecule has 1 rings (SSSR count). The van der Waals surface area contributed by atoms with Crippen LogP contribution in [0.1, 0.15) is 11.7 Å². The van der Waals surface area contributed by atoms with Crippen LogP contribution >= 0.6 is 11.6 Å². The zero-order valence-electron chi connectivity index (χ0n) is 7.69. The predicted molar refractivity (Wildman–Crippen MR) is 50.0 cm³/mol. The van der Waals surface area contributed by atoms with E-state index in [2.05, 4.69) is 0 Å². The Hall–Kier alpha value is -1.24. The van der Waals surface area contributed by atoms with Crippen LogP contribution in [0.2, 0.25) is 5.02 Å². The summed E-state index contributed by atoms with van der Waals surface area (Å²) in [7, 11) is 0. The molecule has 2 unspecified atom stereocenters. The van der Waals surface area contributed by atoms with Crippen molar-refractivity contribution < 1.29 is 28.9 Å². The van der Waals surface area contributed by atoms with Crippen LogP contribution in [0.15, 0.2) is 12.1 Å². The van der Waals surface area contributed by atoms with Gasteiger partial charge in [-0.15, -0.1) is 0 Å². The highest BCUT2D eigenvalue weighted by Crippen LogP contribution is 2.26. The number of carboxylic acids is 1. The van der Waals surface area contributed by atoms with Gasteiger partial charge in [0.25, 0.3) is 0 Å². The molecule has 0 bridgehead atoms. The molecule has 0 spiro atoms. The zero-order chi connectivity index (χ0) is 12.5. The summed E-state index contributed by atoms with van der Waals surface area (Å²) >= 11 is 5.33. The summed E-state index contributed by atoms with van der Waals surface area (Å²) in [5, 5.41) is 26.3. The minimum atomic E-state index is -2.31. The lowest BCUT2D eigenvalue weighted by atomic mass is 10.0. The molecule has 0 aromatic heterocycles. The molecule has 0 aliphatic heterocycles. The fourth-order valence-corrected chi connectivity index (χ4v) is 1.32. The molecule has 0 saturated heterocycles. The van der Waals surface area contributed by atoms with Gasteiger partial charge in [0.15, 0.2) is 6.10 Å². The number of aliphatic hydroxyl groups is 2. The lowest BCUT2D eigenvalue weighted by Gasteiger charge is -2.15. The van der Waals surface area contributed by atoms with E-state index < -0.39 is 35.4 Å². The molecule has 0 aliphatic rings. The summed E-state index contributed by atoms with van der Waals surface area (Å²) in [6, 6.07) is 1.41. The topological polar surface area (TPSA) is 77.8 Å². The molecule has 0 radical (unpaired) electrons. The largest absolute Gasteiger partial charge is 0.479 e. The van der Waals surface area contributed by atoms with Crippen LogP contribution in [0.3, 0.4) is 0 Å². The van der Waals surface area contributed by atoms with Crippen LogP contribution < -0.4 is 0 Å². The number of hydrogen-bond acceptors (Lipinski definition) is 3. The maximum absolute atomic E-state index is 13.2. The summed E-state index contributed by atoms with van der Waals surface area (Å²) in [5.74, 6) is -4.24. The number of halogens is 3. The second-order valence-corrected chi connectivity index (χ2v) is 3.45. The number of aliphatic hydroxyl groups excluding tert-OH is 2. The van der Waals surface area contributed by atoms with Crippen molar-refractivity contribution in [3.05, 3.63) is 34.4 Å². The van der Waals surface area contributed by atoms with Crippen LogP contribution in [-0.2, 0) is 4.79 Å². The maximum atomic E-state index is 13.2. The van der Waals surface area contributed by atoms with E-state index in [-0.39, 0.29) is 5.02 Å². The van der Waals surface area contributed by atoms with Gasteiger partial charge in [-0.25, -0.2) is 13.6 Å². The Morgan fingerprint density at radius 3 is 2.06 bits per heavy atom. The Morgan fingerprint density at radius 2 is 1.69 bits per heavy atom. The van der Waals surface area contributed by atoms with Gasteiger partial charge in [0.2, 0.25) is 0 Å². The normalized spacial score (nSPS) is 14.6. The van der Waals surface area contributed by atoms with Gasteiger partial charge in [-0.1, -0.05) is 11.6 Å². The van der Waals surface area contributed by atoms with Crippen molar-refractivity contribution in [2.24, 2.45) is 0 Å². The monoisotopic (exact) mass is 252 g/mol. The molecule has 0 amide bonds. The first-order valence-electron chi connectivity index (χ1n) is 4.08. The van der Waals surface area contributed by atoms with Crippen molar-refractivity contribution in [3.8, 4) is 0 Å². The highest BCUT2D eigenvalue weighted by atomic mass is 35.5. The zero-order valence-corrected chi connectivity index (χ0v) is 8.45. The maximum Gasteiger partial charge on any atom is 0.335 e. The summed E-state index contributed by atoms with van der Waals surface area (Å²) in [4.78, 5) is 10.3. The van der Waals surface area contributed by atoms with Gasteiger partial charge in [-0.3, -0.25) is 0 Å². The SMILES string of the molecule is O=C(O)C(O)C(O)c1c(F)cc(Cl)cc1F. The third-order valence-corrected chi connectivity index (χ3v) is 2.11. The Balaban J connectivity index is 3.18. The second kappa shape index (κ2) is 4.73. The molecule has 4 nitrogen and oxygen atoms in total. The van der Waals surface area contributed by atoms with E-state index in [0.29, 0.717) is 12.1 Å². The number of aliphatic carboxylic acids is 1. The van der Waals surface area contributed by atoms with Crippen LogP contribution in [0.4, 0.5) is 8.78 Å². The first-order chi connectivity index (χ1) is 7.34. The highest BCUT2D eigenvalue weighted by molar-refractivity contribution is 6.30. The molecule has 1 aromatic rings. The van der Waals surface area contributed by atoms with E-state index in [0.717, 1.165) is 0 Å². The van der Waals surface area contributed by atoms with Gasteiger partial charge >= 0.3 is 5.97 Å². The van der Waals surface area contributed by atoms with Crippen molar-refractivity contribution in [3.63, 3.8) is 0 Å². The van der Waals surface area contributed by atoms with Gasteiger partial charge in [0.1, 0.15) is 17.7 Å². The van der Waals surface area contributed by atoms with Gasteiger partial charge in [0.05, 0.1) is 5.56 Å². The third kappa shape index (κ3) is 2.46.